The lowest BCUT2D eigenvalue weighted by molar-refractivity contribution is 0.0691. The van der Waals surface area contributed by atoms with E-state index in [0.29, 0.717) is 5.82 Å². The number of carboxylic acids is 1. The van der Waals surface area contributed by atoms with Crippen LogP contribution in [0, 0.1) is 0 Å². The largest absolute Gasteiger partial charge is 0.476 e. The van der Waals surface area contributed by atoms with Crippen LogP contribution in [0.25, 0.3) is 0 Å². The van der Waals surface area contributed by atoms with Crippen LogP contribution < -0.4 is 5.32 Å². The Bertz CT molecular complexity index is 280. The van der Waals surface area contributed by atoms with Crippen LogP contribution in [0.4, 0.5) is 5.82 Å². The number of carboxylic acid groups (broad SMARTS) is 1. The van der Waals surface area contributed by atoms with Gasteiger partial charge in [0.25, 0.3) is 0 Å². The first-order chi connectivity index (χ1) is 5.16. The van der Waals surface area contributed by atoms with Crippen molar-refractivity contribution in [1.82, 2.24) is 15.0 Å². The molecule has 0 aliphatic carbocycles. The van der Waals surface area contributed by atoms with Crippen LogP contribution in [0.2, 0.25) is 0 Å². The number of aryl methyl sites for hydroxylation is 1. The Morgan fingerprint density at radius 3 is 2.73 bits per heavy atom. The SMILES string of the molecule is CNc1c(C(=O)O)nnn1C. The van der Waals surface area contributed by atoms with Gasteiger partial charge in [-0.3, -0.25) is 0 Å². The van der Waals surface area contributed by atoms with E-state index in [1.54, 1.807) is 14.1 Å². The molecule has 6 heteroatoms. The normalized spacial score (nSPS) is 9.64. The molecule has 0 radical (unpaired) electrons. The molecule has 0 aromatic carbocycles. The molecule has 0 spiro atoms. The molecular formula is C5H8N4O2. The molecule has 0 amide bonds. The fourth-order valence-corrected chi connectivity index (χ4v) is 0.781. The van der Waals surface area contributed by atoms with E-state index in [0.717, 1.165) is 0 Å². The van der Waals surface area contributed by atoms with Gasteiger partial charge >= 0.3 is 5.97 Å². The maximum Gasteiger partial charge on any atom is 0.360 e. The van der Waals surface area contributed by atoms with Crippen molar-refractivity contribution >= 4 is 11.8 Å². The molecule has 60 valence electrons. The highest BCUT2D eigenvalue weighted by molar-refractivity contribution is 5.90. The van der Waals surface area contributed by atoms with Gasteiger partial charge in [-0.25, -0.2) is 9.48 Å². The fourth-order valence-electron chi connectivity index (χ4n) is 0.781. The zero-order valence-corrected chi connectivity index (χ0v) is 6.20. The quantitative estimate of drug-likeness (QED) is 0.606. The van der Waals surface area contributed by atoms with Crippen molar-refractivity contribution in [2.75, 3.05) is 12.4 Å². The fraction of sp³-hybridized carbons (Fsp3) is 0.400. The van der Waals surface area contributed by atoms with Gasteiger partial charge in [-0.15, -0.1) is 5.10 Å². The highest BCUT2D eigenvalue weighted by Crippen LogP contribution is 2.08. The lowest BCUT2D eigenvalue weighted by Gasteiger charge is -1.97. The summed E-state index contributed by atoms with van der Waals surface area (Å²) in [6, 6.07) is 0. The van der Waals surface area contributed by atoms with Crippen LogP contribution in [0.3, 0.4) is 0 Å². The topological polar surface area (TPSA) is 80.0 Å². The molecule has 0 atom stereocenters. The van der Waals surface area contributed by atoms with Crippen molar-refractivity contribution in [1.29, 1.82) is 0 Å². The molecule has 0 saturated carbocycles. The standard InChI is InChI=1S/C5H8N4O2/c1-6-4-3(5(10)11)7-8-9(4)2/h6H,1-2H3,(H,10,11). The molecule has 1 aromatic heterocycles. The number of aromatic carboxylic acids is 1. The predicted octanol–water partition coefficient (Wildman–Crippen LogP) is -0.445. The van der Waals surface area contributed by atoms with Gasteiger partial charge in [0.05, 0.1) is 0 Å². The molecule has 0 fully saturated rings. The van der Waals surface area contributed by atoms with Crippen LogP contribution >= 0.6 is 0 Å². The average molecular weight is 156 g/mol. The van der Waals surface area contributed by atoms with E-state index < -0.39 is 5.97 Å². The number of aromatic nitrogens is 3. The summed E-state index contributed by atoms with van der Waals surface area (Å²) in [5, 5.41) is 18.2. The van der Waals surface area contributed by atoms with Gasteiger partial charge in [0.2, 0.25) is 5.69 Å². The number of hydrogen-bond donors (Lipinski definition) is 2. The van der Waals surface area contributed by atoms with Crippen molar-refractivity contribution in [3.8, 4) is 0 Å². The van der Waals surface area contributed by atoms with E-state index in [1.165, 1.54) is 4.68 Å². The van der Waals surface area contributed by atoms with Crippen LogP contribution in [-0.4, -0.2) is 33.1 Å². The van der Waals surface area contributed by atoms with E-state index >= 15 is 0 Å². The molecule has 1 heterocycles. The van der Waals surface area contributed by atoms with E-state index in [-0.39, 0.29) is 5.69 Å². The first-order valence-electron chi connectivity index (χ1n) is 2.97. The predicted molar refractivity (Wildman–Crippen MR) is 37.5 cm³/mol. The van der Waals surface area contributed by atoms with Crippen molar-refractivity contribution in [2.24, 2.45) is 7.05 Å². The molecule has 0 saturated heterocycles. The van der Waals surface area contributed by atoms with Crippen molar-refractivity contribution in [3.63, 3.8) is 0 Å². The summed E-state index contributed by atoms with van der Waals surface area (Å²) in [5.41, 5.74) is -0.0602. The monoisotopic (exact) mass is 156 g/mol. The minimum absolute atomic E-state index is 0.0602. The number of rotatable bonds is 2. The maximum absolute atomic E-state index is 10.4. The molecule has 0 bridgehead atoms. The van der Waals surface area contributed by atoms with E-state index in [2.05, 4.69) is 15.6 Å². The Morgan fingerprint density at radius 1 is 1.73 bits per heavy atom. The number of hydrogen-bond acceptors (Lipinski definition) is 4. The summed E-state index contributed by atoms with van der Waals surface area (Å²) in [6.07, 6.45) is 0. The Kier molecular flexibility index (Phi) is 1.75. The smallest absolute Gasteiger partial charge is 0.360 e. The summed E-state index contributed by atoms with van der Waals surface area (Å²) in [5.74, 6) is -0.681. The Hall–Kier alpha value is -1.59. The Morgan fingerprint density at radius 2 is 2.36 bits per heavy atom. The summed E-state index contributed by atoms with van der Waals surface area (Å²) in [4.78, 5) is 10.4. The second-order valence-electron chi connectivity index (χ2n) is 1.97. The third-order valence-corrected chi connectivity index (χ3v) is 1.27. The van der Waals surface area contributed by atoms with Gasteiger partial charge in [0.15, 0.2) is 5.82 Å². The van der Waals surface area contributed by atoms with Crippen molar-refractivity contribution in [3.05, 3.63) is 5.69 Å². The summed E-state index contributed by atoms with van der Waals surface area (Å²) in [7, 11) is 3.23. The van der Waals surface area contributed by atoms with Gasteiger partial charge in [-0.2, -0.15) is 0 Å². The number of anilines is 1. The molecular weight excluding hydrogens is 148 g/mol. The van der Waals surface area contributed by atoms with E-state index in [4.69, 9.17) is 5.11 Å². The molecule has 0 unspecified atom stereocenters. The second-order valence-corrected chi connectivity index (χ2v) is 1.97. The summed E-state index contributed by atoms with van der Waals surface area (Å²) < 4.78 is 1.36. The first kappa shape index (κ1) is 7.52. The van der Waals surface area contributed by atoms with Crippen LogP contribution in [0.1, 0.15) is 10.5 Å². The summed E-state index contributed by atoms with van der Waals surface area (Å²) >= 11 is 0. The highest BCUT2D eigenvalue weighted by Gasteiger charge is 2.15. The Labute approximate surface area is 62.8 Å². The van der Waals surface area contributed by atoms with Gasteiger partial charge in [0.1, 0.15) is 0 Å². The third-order valence-electron chi connectivity index (χ3n) is 1.27. The molecule has 2 N–H and O–H groups in total. The average Bonchev–Trinajstić information content (AvgIpc) is 2.30. The van der Waals surface area contributed by atoms with Gasteiger partial charge in [-0.05, 0) is 0 Å². The summed E-state index contributed by atoms with van der Waals surface area (Å²) in [6.45, 7) is 0. The number of nitrogens with zero attached hydrogens (tertiary/aromatic N) is 3. The lowest BCUT2D eigenvalue weighted by atomic mass is 10.4. The third kappa shape index (κ3) is 1.14. The maximum atomic E-state index is 10.4. The molecule has 0 aliphatic rings. The molecule has 0 aliphatic heterocycles. The van der Waals surface area contributed by atoms with Gasteiger partial charge < -0.3 is 10.4 Å². The number of carbonyl (C=O) groups is 1. The van der Waals surface area contributed by atoms with E-state index in [9.17, 15) is 4.79 Å². The van der Waals surface area contributed by atoms with Crippen molar-refractivity contribution in [2.45, 2.75) is 0 Å². The van der Waals surface area contributed by atoms with E-state index in [1.807, 2.05) is 0 Å². The minimum atomic E-state index is -1.08. The molecule has 11 heavy (non-hydrogen) atoms. The second kappa shape index (κ2) is 2.57. The molecule has 6 nitrogen and oxygen atoms in total. The molecule has 1 aromatic rings. The number of nitrogens with one attached hydrogen (secondary N) is 1. The molecule has 1 rings (SSSR count). The van der Waals surface area contributed by atoms with Gasteiger partial charge in [-0.1, -0.05) is 5.21 Å². The zero-order valence-electron chi connectivity index (χ0n) is 6.20. The lowest BCUT2D eigenvalue weighted by Crippen LogP contribution is -2.04. The zero-order chi connectivity index (χ0) is 8.43. The van der Waals surface area contributed by atoms with Crippen LogP contribution in [0.15, 0.2) is 0 Å². The van der Waals surface area contributed by atoms with Crippen LogP contribution in [0.5, 0.6) is 0 Å². The minimum Gasteiger partial charge on any atom is -0.476 e. The first-order valence-corrected chi connectivity index (χ1v) is 2.97. The Balaban J connectivity index is 3.15. The van der Waals surface area contributed by atoms with Gasteiger partial charge in [0, 0.05) is 14.1 Å². The van der Waals surface area contributed by atoms with Crippen molar-refractivity contribution < 1.29 is 9.90 Å². The highest BCUT2D eigenvalue weighted by atomic mass is 16.4. The van der Waals surface area contributed by atoms with Crippen LogP contribution in [-0.2, 0) is 7.05 Å².